The fourth-order valence-corrected chi connectivity index (χ4v) is 0.878. The number of rotatable bonds is 2. The van der Waals surface area contributed by atoms with Crippen LogP contribution in [-0.2, 0) is 9.63 Å². The highest BCUT2D eigenvalue weighted by Crippen LogP contribution is 1.99. The van der Waals surface area contributed by atoms with Crippen LogP contribution in [0.3, 0.4) is 0 Å². The van der Waals surface area contributed by atoms with Gasteiger partial charge >= 0.3 is 5.97 Å². The van der Waals surface area contributed by atoms with Gasteiger partial charge in [0, 0.05) is 0 Å². The first-order valence-electron chi connectivity index (χ1n) is 3.85. The Bertz CT molecular complexity index is 326. The lowest BCUT2D eigenvalue weighted by molar-refractivity contribution is -0.127. The Morgan fingerprint density at radius 2 is 1.93 bits per heavy atom. The Kier molecular flexibility index (Phi) is 4.12. The number of halogens is 1. The Morgan fingerprint density at radius 3 is 2.50 bits per heavy atom. The molecule has 4 nitrogen and oxygen atoms in total. The Morgan fingerprint density at radius 1 is 1.29 bits per heavy atom. The van der Waals surface area contributed by atoms with E-state index in [9.17, 15) is 9.59 Å². The largest absolute Gasteiger partial charge is 0.362 e. The van der Waals surface area contributed by atoms with Crippen molar-refractivity contribution in [2.24, 2.45) is 0 Å². The second-order valence-corrected chi connectivity index (χ2v) is 2.98. The van der Waals surface area contributed by atoms with Crippen LogP contribution in [0.25, 0.3) is 0 Å². The van der Waals surface area contributed by atoms with E-state index in [2.05, 4.69) is 20.8 Å². The molecule has 0 aliphatic rings. The lowest BCUT2D eigenvalue weighted by Gasteiger charge is -2.03. The molecule has 1 amide bonds. The minimum atomic E-state index is -0.583. The molecule has 14 heavy (non-hydrogen) atoms. The molecule has 5 heteroatoms. The smallest absolute Gasteiger partial charge is 0.335 e. The van der Waals surface area contributed by atoms with E-state index in [-0.39, 0.29) is 5.33 Å². The summed E-state index contributed by atoms with van der Waals surface area (Å²) < 4.78 is 0. The fraction of sp³-hybridized carbons (Fsp3) is 0.111. The van der Waals surface area contributed by atoms with Crippen LogP contribution in [0, 0.1) is 0 Å². The third-order valence-corrected chi connectivity index (χ3v) is 1.90. The summed E-state index contributed by atoms with van der Waals surface area (Å²) in [5, 5.41) is 0.0923. The SMILES string of the molecule is O=C(CBr)NOC(=O)c1ccccc1. The van der Waals surface area contributed by atoms with Crippen LogP contribution >= 0.6 is 15.9 Å². The molecule has 0 aliphatic carbocycles. The minimum absolute atomic E-state index is 0.0923. The third-order valence-electron chi connectivity index (χ3n) is 1.39. The van der Waals surface area contributed by atoms with Crippen LogP contribution < -0.4 is 5.48 Å². The number of carbonyl (C=O) groups is 2. The highest BCUT2D eigenvalue weighted by Gasteiger charge is 2.07. The van der Waals surface area contributed by atoms with Crippen LogP contribution in [0.5, 0.6) is 0 Å². The molecular weight excluding hydrogens is 250 g/mol. The third kappa shape index (κ3) is 3.18. The van der Waals surface area contributed by atoms with Crippen LogP contribution in [0.4, 0.5) is 0 Å². The van der Waals surface area contributed by atoms with Gasteiger partial charge in [-0.25, -0.2) is 4.79 Å². The molecule has 74 valence electrons. The quantitative estimate of drug-likeness (QED) is 0.642. The normalized spacial score (nSPS) is 9.21. The van der Waals surface area contributed by atoms with Crippen molar-refractivity contribution in [2.75, 3.05) is 5.33 Å². The van der Waals surface area contributed by atoms with Gasteiger partial charge in [-0.05, 0) is 12.1 Å². The molecule has 1 aromatic rings. The predicted molar refractivity (Wildman–Crippen MR) is 53.8 cm³/mol. The zero-order valence-electron chi connectivity index (χ0n) is 7.20. The molecule has 1 N–H and O–H groups in total. The summed E-state index contributed by atoms with van der Waals surface area (Å²) in [6, 6.07) is 8.41. The van der Waals surface area contributed by atoms with Gasteiger partial charge in [0.15, 0.2) is 0 Å². The summed E-state index contributed by atoms with van der Waals surface area (Å²) in [5.41, 5.74) is 2.39. The summed E-state index contributed by atoms with van der Waals surface area (Å²) in [6.45, 7) is 0. The molecule has 0 atom stereocenters. The Balaban J connectivity index is 2.48. The second kappa shape index (κ2) is 5.39. The molecule has 0 unspecified atom stereocenters. The van der Waals surface area contributed by atoms with Crippen LogP contribution in [0.2, 0.25) is 0 Å². The number of amides is 1. The topological polar surface area (TPSA) is 55.4 Å². The van der Waals surface area contributed by atoms with Crippen molar-refractivity contribution in [3.8, 4) is 0 Å². The molecule has 0 bridgehead atoms. The Labute approximate surface area is 89.3 Å². The zero-order chi connectivity index (χ0) is 10.4. The maximum Gasteiger partial charge on any atom is 0.362 e. The van der Waals surface area contributed by atoms with Gasteiger partial charge in [0.05, 0.1) is 10.9 Å². The van der Waals surface area contributed by atoms with Crippen LogP contribution in [-0.4, -0.2) is 17.2 Å². The summed E-state index contributed by atoms with van der Waals surface area (Å²) in [7, 11) is 0. The van der Waals surface area contributed by atoms with Gasteiger partial charge in [0.1, 0.15) is 0 Å². The van der Waals surface area contributed by atoms with Gasteiger partial charge in [-0.1, -0.05) is 34.1 Å². The van der Waals surface area contributed by atoms with E-state index in [1.165, 1.54) is 0 Å². The van der Waals surface area contributed by atoms with E-state index < -0.39 is 11.9 Å². The second-order valence-electron chi connectivity index (χ2n) is 2.41. The molecule has 0 heterocycles. The van der Waals surface area contributed by atoms with E-state index in [1.54, 1.807) is 30.3 Å². The highest BCUT2D eigenvalue weighted by molar-refractivity contribution is 9.09. The average molecular weight is 258 g/mol. The first kappa shape index (κ1) is 10.7. The van der Waals surface area contributed by atoms with Crippen molar-refractivity contribution in [3.05, 3.63) is 35.9 Å². The van der Waals surface area contributed by atoms with Crippen molar-refractivity contribution in [2.45, 2.75) is 0 Å². The summed E-state index contributed by atoms with van der Waals surface area (Å²) in [5.74, 6) is -0.991. The first-order chi connectivity index (χ1) is 6.74. The standard InChI is InChI=1S/C9H8BrNO3/c10-6-8(12)11-14-9(13)7-4-2-1-3-5-7/h1-5H,6H2,(H,11,12). The number of benzene rings is 1. The van der Waals surface area contributed by atoms with E-state index in [0.29, 0.717) is 5.56 Å². The molecule has 0 aromatic heterocycles. The lowest BCUT2D eigenvalue weighted by atomic mass is 10.2. The highest BCUT2D eigenvalue weighted by atomic mass is 79.9. The molecular formula is C9H8BrNO3. The Hall–Kier alpha value is -1.36. The van der Waals surface area contributed by atoms with Crippen LogP contribution in [0.1, 0.15) is 10.4 Å². The summed E-state index contributed by atoms with van der Waals surface area (Å²) in [6.07, 6.45) is 0. The maximum atomic E-state index is 11.2. The lowest BCUT2D eigenvalue weighted by Crippen LogP contribution is -2.27. The summed E-state index contributed by atoms with van der Waals surface area (Å²) in [4.78, 5) is 26.4. The van der Waals surface area contributed by atoms with Gasteiger partial charge in [0.25, 0.3) is 5.91 Å². The molecule has 0 saturated carbocycles. The number of hydrogen-bond donors (Lipinski definition) is 1. The van der Waals surface area contributed by atoms with Crippen molar-refractivity contribution < 1.29 is 14.4 Å². The number of nitrogens with one attached hydrogen (secondary N) is 1. The molecule has 0 aliphatic heterocycles. The fourth-order valence-electron chi connectivity index (χ4n) is 0.764. The van der Waals surface area contributed by atoms with Crippen molar-refractivity contribution >= 4 is 27.8 Å². The van der Waals surface area contributed by atoms with Crippen molar-refractivity contribution in [1.82, 2.24) is 5.48 Å². The molecule has 1 aromatic carbocycles. The average Bonchev–Trinajstić information content (AvgIpc) is 2.26. The van der Waals surface area contributed by atoms with Gasteiger partial charge in [0.2, 0.25) is 0 Å². The van der Waals surface area contributed by atoms with Gasteiger partial charge in [-0.2, -0.15) is 5.48 Å². The zero-order valence-corrected chi connectivity index (χ0v) is 8.78. The van der Waals surface area contributed by atoms with Gasteiger partial charge in [-0.15, -0.1) is 0 Å². The number of hydrogen-bond acceptors (Lipinski definition) is 3. The molecule has 1 rings (SSSR count). The van der Waals surface area contributed by atoms with Gasteiger partial charge in [-0.3, -0.25) is 4.79 Å². The van der Waals surface area contributed by atoms with Crippen molar-refractivity contribution in [1.29, 1.82) is 0 Å². The summed E-state index contributed by atoms with van der Waals surface area (Å²) >= 11 is 2.92. The van der Waals surface area contributed by atoms with E-state index >= 15 is 0 Å². The molecule has 0 saturated heterocycles. The maximum absolute atomic E-state index is 11.2. The number of carbonyl (C=O) groups excluding carboxylic acids is 2. The van der Waals surface area contributed by atoms with E-state index in [0.717, 1.165) is 0 Å². The number of alkyl halides is 1. The van der Waals surface area contributed by atoms with E-state index in [1.807, 2.05) is 5.48 Å². The number of hydroxylamine groups is 1. The van der Waals surface area contributed by atoms with E-state index in [4.69, 9.17) is 0 Å². The molecule has 0 fully saturated rings. The van der Waals surface area contributed by atoms with Crippen LogP contribution in [0.15, 0.2) is 30.3 Å². The minimum Gasteiger partial charge on any atom is -0.335 e. The molecule has 0 spiro atoms. The van der Waals surface area contributed by atoms with Crippen molar-refractivity contribution in [3.63, 3.8) is 0 Å². The first-order valence-corrected chi connectivity index (χ1v) is 4.97. The molecule has 0 radical (unpaired) electrons. The monoisotopic (exact) mass is 257 g/mol. The van der Waals surface area contributed by atoms with Gasteiger partial charge < -0.3 is 4.84 Å². The predicted octanol–water partition coefficient (Wildman–Crippen LogP) is 1.27.